The topological polar surface area (TPSA) is 69.2 Å². The van der Waals surface area contributed by atoms with E-state index < -0.39 is 11.7 Å². The first-order chi connectivity index (χ1) is 13.8. The molecule has 0 radical (unpaired) electrons. The number of aryl methyl sites for hydroxylation is 1. The number of rotatable bonds is 3. The number of alkyl halides is 3. The second-order valence-corrected chi connectivity index (χ2v) is 7.47. The number of nitrogens with zero attached hydrogens (tertiary/aromatic N) is 2. The van der Waals surface area contributed by atoms with Crippen LogP contribution in [-0.2, 0) is 6.18 Å². The fourth-order valence-corrected chi connectivity index (χ4v) is 3.83. The van der Waals surface area contributed by atoms with Crippen molar-refractivity contribution in [2.45, 2.75) is 19.5 Å². The van der Waals surface area contributed by atoms with E-state index in [0.29, 0.717) is 35.2 Å². The van der Waals surface area contributed by atoms with Crippen molar-refractivity contribution in [2.75, 3.05) is 19.7 Å². The molecule has 1 saturated heterocycles. The molecular formula is C21H20F3N3O2. The van der Waals surface area contributed by atoms with Gasteiger partial charge < -0.3 is 10.0 Å². The number of carbonyl (C=O) groups excluding carboxylic acids is 1. The van der Waals surface area contributed by atoms with E-state index in [1.54, 1.807) is 30.0 Å². The highest BCUT2D eigenvalue weighted by Crippen LogP contribution is 2.38. The van der Waals surface area contributed by atoms with Gasteiger partial charge in [-0.1, -0.05) is 6.07 Å². The van der Waals surface area contributed by atoms with Crippen molar-refractivity contribution in [3.05, 3.63) is 53.2 Å². The van der Waals surface area contributed by atoms with Gasteiger partial charge in [0.2, 0.25) is 0 Å². The van der Waals surface area contributed by atoms with Crippen LogP contribution in [0.5, 0.6) is 0 Å². The maximum Gasteiger partial charge on any atom is 0.416 e. The summed E-state index contributed by atoms with van der Waals surface area (Å²) in [4.78, 5) is 14.6. The van der Waals surface area contributed by atoms with Gasteiger partial charge in [0, 0.05) is 36.6 Å². The van der Waals surface area contributed by atoms with Gasteiger partial charge >= 0.3 is 6.18 Å². The van der Waals surface area contributed by atoms with Crippen molar-refractivity contribution < 1.29 is 23.1 Å². The molecule has 1 amide bonds. The molecule has 1 fully saturated rings. The maximum absolute atomic E-state index is 13.4. The van der Waals surface area contributed by atoms with Crippen LogP contribution in [0.1, 0.15) is 27.9 Å². The second kappa shape index (κ2) is 7.18. The Labute approximate surface area is 165 Å². The molecule has 0 aliphatic carbocycles. The van der Waals surface area contributed by atoms with Crippen molar-refractivity contribution in [2.24, 2.45) is 5.92 Å². The van der Waals surface area contributed by atoms with Gasteiger partial charge in [-0.25, -0.2) is 0 Å². The fraction of sp³-hybridized carbons (Fsp3) is 0.333. The Morgan fingerprint density at radius 1 is 1.28 bits per heavy atom. The molecular weight excluding hydrogens is 383 g/mol. The summed E-state index contributed by atoms with van der Waals surface area (Å²) in [6, 6.07) is 7.22. The summed E-state index contributed by atoms with van der Waals surface area (Å²) in [6.45, 7) is 2.87. The number of halogens is 3. The van der Waals surface area contributed by atoms with Crippen molar-refractivity contribution >= 4 is 16.8 Å². The van der Waals surface area contributed by atoms with Crippen LogP contribution in [0.25, 0.3) is 22.0 Å². The number of aliphatic hydroxyl groups is 1. The number of aromatic nitrogens is 2. The number of hydrogen-bond donors (Lipinski definition) is 2. The average molecular weight is 403 g/mol. The Morgan fingerprint density at radius 2 is 2.07 bits per heavy atom. The maximum atomic E-state index is 13.4. The van der Waals surface area contributed by atoms with E-state index in [-0.39, 0.29) is 23.9 Å². The molecule has 1 atom stereocenters. The molecule has 29 heavy (non-hydrogen) atoms. The van der Waals surface area contributed by atoms with Crippen molar-refractivity contribution in [1.29, 1.82) is 0 Å². The van der Waals surface area contributed by atoms with E-state index in [1.165, 1.54) is 6.20 Å². The van der Waals surface area contributed by atoms with Gasteiger partial charge in [-0.2, -0.15) is 18.3 Å². The molecule has 0 saturated carbocycles. The largest absolute Gasteiger partial charge is 0.416 e. The van der Waals surface area contributed by atoms with E-state index >= 15 is 0 Å². The van der Waals surface area contributed by atoms with Crippen molar-refractivity contribution in [1.82, 2.24) is 15.1 Å². The fourth-order valence-electron chi connectivity index (χ4n) is 3.83. The van der Waals surface area contributed by atoms with Gasteiger partial charge in [-0.3, -0.25) is 9.89 Å². The van der Waals surface area contributed by atoms with Crippen LogP contribution in [-0.4, -0.2) is 45.8 Å². The third kappa shape index (κ3) is 3.60. The monoisotopic (exact) mass is 403 g/mol. The summed E-state index contributed by atoms with van der Waals surface area (Å²) in [6.07, 6.45) is -2.26. The Hall–Kier alpha value is -2.87. The van der Waals surface area contributed by atoms with Gasteiger partial charge in [0.15, 0.2) is 0 Å². The number of hydrogen-bond acceptors (Lipinski definition) is 3. The highest BCUT2D eigenvalue weighted by molar-refractivity contribution is 6.00. The summed E-state index contributed by atoms with van der Waals surface area (Å²) < 4.78 is 40.2. The number of carbonyl (C=O) groups is 1. The lowest BCUT2D eigenvalue weighted by atomic mass is 9.93. The molecule has 1 aliphatic rings. The number of H-pyrrole nitrogens is 1. The molecule has 1 aromatic heterocycles. The molecule has 2 N–H and O–H groups in total. The van der Waals surface area contributed by atoms with Gasteiger partial charge in [0.05, 0.1) is 17.3 Å². The number of likely N-dealkylation sites (tertiary alicyclic amines) is 1. The van der Waals surface area contributed by atoms with Crippen LogP contribution in [0.2, 0.25) is 0 Å². The van der Waals surface area contributed by atoms with Gasteiger partial charge in [-0.05, 0) is 54.3 Å². The number of fused-ring (bicyclic) bond motifs is 1. The van der Waals surface area contributed by atoms with Gasteiger partial charge in [-0.15, -0.1) is 0 Å². The van der Waals surface area contributed by atoms with Crippen LogP contribution in [0.3, 0.4) is 0 Å². The molecule has 4 rings (SSSR count). The molecule has 5 nitrogen and oxygen atoms in total. The smallest absolute Gasteiger partial charge is 0.396 e. The Balaban J connectivity index is 1.79. The lowest BCUT2D eigenvalue weighted by molar-refractivity contribution is -0.137. The van der Waals surface area contributed by atoms with Gasteiger partial charge in [0.25, 0.3) is 5.91 Å². The second-order valence-electron chi connectivity index (χ2n) is 7.47. The van der Waals surface area contributed by atoms with E-state index in [1.807, 2.05) is 0 Å². The first-order valence-electron chi connectivity index (χ1n) is 9.33. The molecule has 8 heteroatoms. The average Bonchev–Trinajstić information content (AvgIpc) is 3.35. The highest BCUT2D eigenvalue weighted by Gasteiger charge is 2.32. The number of aliphatic hydroxyl groups excluding tert-OH is 1. The molecule has 152 valence electrons. The van der Waals surface area contributed by atoms with E-state index in [0.717, 1.165) is 24.1 Å². The minimum Gasteiger partial charge on any atom is -0.396 e. The molecule has 0 bridgehead atoms. The minimum atomic E-state index is -4.50. The molecule has 3 aromatic rings. The Bertz CT molecular complexity index is 1070. The lowest BCUT2D eigenvalue weighted by Gasteiger charge is -2.18. The third-order valence-electron chi connectivity index (χ3n) is 5.49. The number of aromatic amines is 1. The zero-order valence-corrected chi connectivity index (χ0v) is 15.8. The highest BCUT2D eigenvalue weighted by atomic mass is 19.4. The molecule has 2 heterocycles. The predicted molar refractivity (Wildman–Crippen MR) is 102 cm³/mol. The molecule has 1 unspecified atom stereocenters. The van der Waals surface area contributed by atoms with Crippen LogP contribution in [0.4, 0.5) is 13.2 Å². The zero-order chi connectivity index (χ0) is 20.8. The van der Waals surface area contributed by atoms with E-state index in [4.69, 9.17) is 0 Å². The summed E-state index contributed by atoms with van der Waals surface area (Å²) in [7, 11) is 0. The Morgan fingerprint density at radius 3 is 2.76 bits per heavy atom. The zero-order valence-electron chi connectivity index (χ0n) is 15.8. The van der Waals surface area contributed by atoms with Crippen LogP contribution >= 0.6 is 0 Å². The van der Waals surface area contributed by atoms with Crippen molar-refractivity contribution in [3.8, 4) is 11.1 Å². The number of nitrogens with one attached hydrogen (secondary N) is 1. The molecule has 0 spiro atoms. The van der Waals surface area contributed by atoms with E-state index in [2.05, 4.69) is 10.2 Å². The standard InChI is InChI=1S/C21H20F3N3O2/c1-12-2-3-14(20(29)27-5-4-13(10-27)11-28)6-16(12)17-7-15(21(22,23)24)8-19-18(17)9-25-26-19/h2-3,6-9,13,28H,4-5,10-11H2,1H3,(H,25,26). The van der Waals surface area contributed by atoms with Crippen LogP contribution < -0.4 is 0 Å². The number of amides is 1. The lowest BCUT2D eigenvalue weighted by Crippen LogP contribution is -2.29. The summed E-state index contributed by atoms with van der Waals surface area (Å²) in [5, 5.41) is 16.4. The van der Waals surface area contributed by atoms with Crippen LogP contribution in [0.15, 0.2) is 36.5 Å². The first kappa shape index (κ1) is 19.4. The predicted octanol–water partition coefficient (Wildman–Crippen LogP) is 4.01. The normalized spacial score (nSPS) is 17.3. The van der Waals surface area contributed by atoms with Crippen LogP contribution in [0, 0.1) is 12.8 Å². The minimum absolute atomic E-state index is 0.0334. The SMILES string of the molecule is Cc1ccc(C(=O)N2CCC(CO)C2)cc1-c1cc(C(F)(F)F)cc2[nH]ncc12. The molecule has 2 aromatic carbocycles. The summed E-state index contributed by atoms with van der Waals surface area (Å²) >= 11 is 0. The third-order valence-corrected chi connectivity index (χ3v) is 5.49. The first-order valence-corrected chi connectivity index (χ1v) is 9.33. The van der Waals surface area contributed by atoms with E-state index in [9.17, 15) is 23.1 Å². The summed E-state index contributed by atoms with van der Waals surface area (Å²) in [5.74, 6) is -0.115. The Kier molecular flexibility index (Phi) is 4.82. The number of benzene rings is 2. The molecule has 1 aliphatic heterocycles. The summed E-state index contributed by atoms with van der Waals surface area (Å²) in [5.41, 5.74) is 1.63. The van der Waals surface area contributed by atoms with Gasteiger partial charge in [0.1, 0.15) is 0 Å². The quantitative estimate of drug-likeness (QED) is 0.694. The van der Waals surface area contributed by atoms with Crippen molar-refractivity contribution in [3.63, 3.8) is 0 Å².